The van der Waals surface area contributed by atoms with Crippen LogP contribution in [0.5, 0.6) is 0 Å². The third-order valence-corrected chi connectivity index (χ3v) is 4.03. The van der Waals surface area contributed by atoms with Crippen LogP contribution in [0.3, 0.4) is 0 Å². The number of nitrogens with zero attached hydrogens (tertiary/aromatic N) is 5. The van der Waals surface area contributed by atoms with Crippen LogP contribution in [0.2, 0.25) is 5.15 Å². The molecule has 0 aliphatic heterocycles. The lowest BCUT2D eigenvalue weighted by atomic mass is 10.3. The summed E-state index contributed by atoms with van der Waals surface area (Å²) in [6, 6.07) is 5.91. The summed E-state index contributed by atoms with van der Waals surface area (Å²) in [5.41, 5.74) is 1.48. The topological polar surface area (TPSA) is 117 Å². The second-order valence-electron chi connectivity index (χ2n) is 4.28. The summed E-state index contributed by atoms with van der Waals surface area (Å²) in [6.07, 6.45) is 4.59. The maximum Gasteiger partial charge on any atom is 0.238 e. The van der Waals surface area contributed by atoms with E-state index < -0.39 is 10.0 Å². The zero-order valence-corrected chi connectivity index (χ0v) is 12.5. The van der Waals surface area contributed by atoms with E-state index in [0.717, 1.165) is 0 Å². The van der Waals surface area contributed by atoms with Gasteiger partial charge in [-0.1, -0.05) is 16.8 Å². The molecule has 0 bridgehead atoms. The largest absolute Gasteiger partial charge is 0.250 e. The number of benzene rings is 1. The van der Waals surface area contributed by atoms with Gasteiger partial charge in [0.05, 0.1) is 16.8 Å². The van der Waals surface area contributed by atoms with E-state index >= 15 is 0 Å². The van der Waals surface area contributed by atoms with E-state index in [-0.39, 0.29) is 10.0 Å². The van der Waals surface area contributed by atoms with E-state index in [4.69, 9.17) is 16.7 Å². The third-order valence-electron chi connectivity index (χ3n) is 2.82. The van der Waals surface area contributed by atoms with E-state index in [1.54, 1.807) is 18.3 Å². The van der Waals surface area contributed by atoms with Gasteiger partial charge in [-0.3, -0.25) is 0 Å². The highest BCUT2D eigenvalue weighted by Gasteiger charge is 2.12. The smallest absolute Gasteiger partial charge is 0.238 e. The van der Waals surface area contributed by atoms with Crippen LogP contribution in [-0.2, 0) is 10.0 Å². The van der Waals surface area contributed by atoms with Gasteiger partial charge < -0.3 is 0 Å². The van der Waals surface area contributed by atoms with Crippen molar-refractivity contribution in [3.8, 4) is 17.1 Å². The van der Waals surface area contributed by atoms with Crippen LogP contribution in [0.15, 0.2) is 47.8 Å². The summed E-state index contributed by atoms with van der Waals surface area (Å²) in [5.74, 6) is 0. The van der Waals surface area contributed by atoms with Crippen molar-refractivity contribution in [2.45, 2.75) is 4.90 Å². The SMILES string of the molecule is NS(=O)(=O)c1ccc(-n2cc(-c3nccnc3Cl)nn2)cc1. The van der Waals surface area contributed by atoms with Crippen LogP contribution in [0, 0.1) is 0 Å². The number of primary sulfonamides is 1. The first-order valence-corrected chi connectivity index (χ1v) is 7.90. The van der Waals surface area contributed by atoms with Crippen LogP contribution in [0.4, 0.5) is 0 Å². The maximum atomic E-state index is 11.2. The second kappa shape index (κ2) is 5.44. The first-order chi connectivity index (χ1) is 10.4. The molecule has 2 heterocycles. The maximum absolute atomic E-state index is 11.2. The molecule has 0 fully saturated rings. The van der Waals surface area contributed by atoms with Crippen molar-refractivity contribution in [2.75, 3.05) is 0 Å². The lowest BCUT2D eigenvalue weighted by Gasteiger charge is -2.01. The Balaban J connectivity index is 1.96. The van der Waals surface area contributed by atoms with Crippen molar-refractivity contribution in [1.82, 2.24) is 25.0 Å². The van der Waals surface area contributed by atoms with Gasteiger partial charge in [0, 0.05) is 12.4 Å². The number of halogens is 1. The molecule has 0 saturated carbocycles. The Labute approximate surface area is 130 Å². The highest BCUT2D eigenvalue weighted by Crippen LogP contribution is 2.21. The molecule has 3 rings (SSSR count). The summed E-state index contributed by atoms with van der Waals surface area (Å²) >= 11 is 5.95. The Morgan fingerprint density at radius 3 is 2.41 bits per heavy atom. The predicted octanol–water partition coefficient (Wildman–Crippen LogP) is 1.03. The van der Waals surface area contributed by atoms with Gasteiger partial charge in [0.1, 0.15) is 11.4 Å². The molecule has 10 heteroatoms. The Bertz CT molecular complexity index is 923. The quantitative estimate of drug-likeness (QED) is 0.763. The molecule has 8 nitrogen and oxygen atoms in total. The fourth-order valence-electron chi connectivity index (χ4n) is 1.78. The molecule has 0 radical (unpaired) electrons. The molecule has 0 spiro atoms. The van der Waals surface area contributed by atoms with Crippen LogP contribution < -0.4 is 5.14 Å². The van der Waals surface area contributed by atoms with E-state index in [9.17, 15) is 8.42 Å². The van der Waals surface area contributed by atoms with Crippen LogP contribution in [0.25, 0.3) is 17.1 Å². The highest BCUT2D eigenvalue weighted by atomic mass is 35.5. The Morgan fingerprint density at radius 1 is 1.09 bits per heavy atom. The zero-order valence-electron chi connectivity index (χ0n) is 11.0. The third kappa shape index (κ3) is 2.82. The van der Waals surface area contributed by atoms with E-state index in [1.165, 1.54) is 29.2 Å². The average Bonchev–Trinajstić information content (AvgIpc) is 2.96. The lowest BCUT2D eigenvalue weighted by molar-refractivity contribution is 0.598. The Morgan fingerprint density at radius 2 is 1.77 bits per heavy atom. The van der Waals surface area contributed by atoms with Crippen molar-refractivity contribution in [2.24, 2.45) is 5.14 Å². The fourth-order valence-corrected chi connectivity index (χ4v) is 2.50. The van der Waals surface area contributed by atoms with Gasteiger partial charge in [-0.2, -0.15) is 0 Å². The van der Waals surface area contributed by atoms with Crippen molar-refractivity contribution < 1.29 is 8.42 Å². The molecule has 2 aromatic heterocycles. The minimum absolute atomic E-state index is 0.0218. The van der Waals surface area contributed by atoms with E-state index in [0.29, 0.717) is 17.1 Å². The van der Waals surface area contributed by atoms with Crippen molar-refractivity contribution >= 4 is 21.6 Å². The first kappa shape index (κ1) is 14.6. The van der Waals surface area contributed by atoms with Crippen molar-refractivity contribution in [3.63, 3.8) is 0 Å². The van der Waals surface area contributed by atoms with Crippen molar-refractivity contribution in [3.05, 3.63) is 48.0 Å². The van der Waals surface area contributed by atoms with E-state index in [1.807, 2.05) is 0 Å². The normalized spacial score (nSPS) is 11.5. The monoisotopic (exact) mass is 336 g/mol. The summed E-state index contributed by atoms with van der Waals surface area (Å²) in [7, 11) is -3.73. The summed E-state index contributed by atoms with van der Waals surface area (Å²) in [5, 5.41) is 13.2. The fraction of sp³-hybridized carbons (Fsp3) is 0. The van der Waals surface area contributed by atoms with Gasteiger partial charge in [0.2, 0.25) is 10.0 Å². The molecular formula is C12H9ClN6O2S. The standard InChI is InChI=1S/C12H9ClN6O2S/c13-12-11(15-5-6-16-12)10-7-19(18-17-10)8-1-3-9(4-2-8)22(14,20)21/h1-7H,(H2,14,20,21). The predicted molar refractivity (Wildman–Crippen MR) is 78.8 cm³/mol. The molecule has 0 aliphatic carbocycles. The minimum Gasteiger partial charge on any atom is -0.250 e. The van der Waals surface area contributed by atoms with Crippen LogP contribution in [-0.4, -0.2) is 33.4 Å². The second-order valence-corrected chi connectivity index (χ2v) is 6.20. The van der Waals surface area contributed by atoms with Gasteiger partial charge in [0.15, 0.2) is 5.15 Å². The molecule has 0 amide bonds. The lowest BCUT2D eigenvalue weighted by Crippen LogP contribution is -2.12. The minimum atomic E-state index is -3.73. The molecule has 0 atom stereocenters. The summed E-state index contributed by atoms with van der Waals surface area (Å²) in [6.45, 7) is 0. The number of rotatable bonds is 3. The molecule has 0 aliphatic rings. The molecule has 22 heavy (non-hydrogen) atoms. The Hall–Kier alpha value is -2.36. The molecule has 0 unspecified atom stereocenters. The van der Waals surface area contributed by atoms with Gasteiger partial charge >= 0.3 is 0 Å². The van der Waals surface area contributed by atoms with Crippen molar-refractivity contribution in [1.29, 1.82) is 0 Å². The van der Waals surface area contributed by atoms with Gasteiger partial charge in [-0.15, -0.1) is 5.10 Å². The van der Waals surface area contributed by atoms with Crippen LogP contribution >= 0.6 is 11.6 Å². The zero-order chi connectivity index (χ0) is 15.7. The number of sulfonamides is 1. The molecule has 1 aromatic carbocycles. The molecular weight excluding hydrogens is 328 g/mol. The molecule has 2 N–H and O–H groups in total. The van der Waals surface area contributed by atoms with Gasteiger partial charge in [0.25, 0.3) is 0 Å². The van der Waals surface area contributed by atoms with Gasteiger partial charge in [-0.25, -0.2) is 28.2 Å². The molecule has 112 valence electrons. The average molecular weight is 337 g/mol. The summed E-state index contributed by atoms with van der Waals surface area (Å²) < 4.78 is 23.9. The Kier molecular flexibility index (Phi) is 3.61. The molecule has 3 aromatic rings. The molecule has 0 saturated heterocycles. The van der Waals surface area contributed by atoms with E-state index in [2.05, 4.69) is 20.3 Å². The number of hydrogen-bond acceptors (Lipinski definition) is 6. The summed E-state index contributed by atoms with van der Waals surface area (Å²) in [4.78, 5) is 8.04. The highest BCUT2D eigenvalue weighted by molar-refractivity contribution is 7.89. The number of nitrogens with two attached hydrogens (primary N) is 1. The number of aromatic nitrogens is 5. The number of hydrogen-bond donors (Lipinski definition) is 1. The first-order valence-electron chi connectivity index (χ1n) is 5.97. The van der Waals surface area contributed by atoms with Crippen LogP contribution in [0.1, 0.15) is 0 Å². The van der Waals surface area contributed by atoms with Gasteiger partial charge in [-0.05, 0) is 24.3 Å².